The van der Waals surface area contributed by atoms with E-state index in [2.05, 4.69) is 10.6 Å². The molecular weight excluding hydrogens is 282 g/mol. The lowest BCUT2D eigenvalue weighted by atomic mass is 9.93. The smallest absolute Gasteiger partial charge is 0.255 e. The Balaban J connectivity index is 1.67. The van der Waals surface area contributed by atoms with Gasteiger partial charge in [0, 0.05) is 25.1 Å². The molecule has 1 fully saturated rings. The van der Waals surface area contributed by atoms with E-state index in [1.54, 1.807) is 4.90 Å². The number of carbonyl (C=O) groups is 3. The van der Waals surface area contributed by atoms with Crippen molar-refractivity contribution in [3.8, 4) is 0 Å². The van der Waals surface area contributed by atoms with Gasteiger partial charge in [0.15, 0.2) is 0 Å². The van der Waals surface area contributed by atoms with Crippen molar-refractivity contribution in [2.75, 3.05) is 6.54 Å². The van der Waals surface area contributed by atoms with E-state index in [1.807, 2.05) is 12.1 Å². The maximum Gasteiger partial charge on any atom is 0.255 e. The highest BCUT2D eigenvalue weighted by atomic mass is 16.2. The van der Waals surface area contributed by atoms with Crippen LogP contribution >= 0.6 is 0 Å². The van der Waals surface area contributed by atoms with Gasteiger partial charge in [0.25, 0.3) is 5.91 Å². The van der Waals surface area contributed by atoms with Gasteiger partial charge >= 0.3 is 0 Å². The molecule has 0 saturated carbocycles. The van der Waals surface area contributed by atoms with Crippen molar-refractivity contribution in [2.45, 2.75) is 38.4 Å². The third-order valence-corrected chi connectivity index (χ3v) is 4.81. The minimum atomic E-state index is -0.537. The maximum absolute atomic E-state index is 12.6. The standard InChI is InChI=1S/C16H17N3O3/c20-14-4-3-13(15(21)18-14)19-8-12-10(16(19)22)2-1-9-5-6-17-7-11(9)12/h1-2,13,17H,3-8H2,(H,18,20,21). The minimum Gasteiger partial charge on any atom is -0.322 e. The Labute approximate surface area is 127 Å². The van der Waals surface area contributed by atoms with Gasteiger partial charge in [0.2, 0.25) is 11.8 Å². The van der Waals surface area contributed by atoms with E-state index in [0.29, 0.717) is 18.5 Å². The monoisotopic (exact) mass is 299 g/mol. The molecule has 1 aromatic rings. The predicted molar refractivity (Wildman–Crippen MR) is 77.9 cm³/mol. The van der Waals surface area contributed by atoms with Crippen molar-refractivity contribution in [1.82, 2.24) is 15.5 Å². The Morgan fingerprint density at radius 3 is 2.77 bits per heavy atom. The molecule has 0 spiro atoms. The van der Waals surface area contributed by atoms with Crippen molar-refractivity contribution >= 4 is 17.7 Å². The topological polar surface area (TPSA) is 78.5 Å². The van der Waals surface area contributed by atoms with Gasteiger partial charge in [-0.25, -0.2) is 0 Å². The van der Waals surface area contributed by atoms with Crippen LogP contribution < -0.4 is 10.6 Å². The molecule has 2 N–H and O–H groups in total. The van der Waals surface area contributed by atoms with Crippen molar-refractivity contribution in [1.29, 1.82) is 0 Å². The summed E-state index contributed by atoms with van der Waals surface area (Å²) in [5.41, 5.74) is 4.23. The summed E-state index contributed by atoms with van der Waals surface area (Å²) in [7, 11) is 0. The second-order valence-corrected chi connectivity index (χ2v) is 6.06. The molecular formula is C16H17N3O3. The number of hydrogen-bond donors (Lipinski definition) is 2. The van der Waals surface area contributed by atoms with Gasteiger partial charge in [0.05, 0.1) is 0 Å². The van der Waals surface area contributed by atoms with Gasteiger partial charge in [-0.05, 0) is 42.1 Å². The maximum atomic E-state index is 12.6. The van der Waals surface area contributed by atoms with Gasteiger partial charge in [-0.1, -0.05) is 6.07 Å². The number of piperidine rings is 1. The molecule has 0 bridgehead atoms. The first-order valence-corrected chi connectivity index (χ1v) is 7.64. The fraction of sp³-hybridized carbons (Fsp3) is 0.438. The zero-order valence-electron chi connectivity index (χ0n) is 12.1. The highest BCUT2D eigenvalue weighted by Gasteiger charge is 2.40. The van der Waals surface area contributed by atoms with Gasteiger partial charge in [-0.15, -0.1) is 0 Å². The Kier molecular flexibility index (Phi) is 3.00. The van der Waals surface area contributed by atoms with Crippen LogP contribution in [-0.4, -0.2) is 35.2 Å². The second-order valence-electron chi connectivity index (χ2n) is 6.06. The molecule has 0 aromatic heterocycles. The Hall–Kier alpha value is -2.21. The Morgan fingerprint density at radius 2 is 1.95 bits per heavy atom. The van der Waals surface area contributed by atoms with E-state index in [1.165, 1.54) is 11.1 Å². The number of rotatable bonds is 1. The third kappa shape index (κ3) is 1.94. The quantitative estimate of drug-likeness (QED) is 0.721. The zero-order chi connectivity index (χ0) is 15.3. The number of imide groups is 1. The van der Waals surface area contributed by atoms with Crippen molar-refractivity contribution in [3.05, 3.63) is 34.4 Å². The molecule has 3 aliphatic rings. The first-order chi connectivity index (χ1) is 10.6. The van der Waals surface area contributed by atoms with Crippen molar-refractivity contribution < 1.29 is 14.4 Å². The van der Waals surface area contributed by atoms with Gasteiger partial charge in [-0.3, -0.25) is 19.7 Å². The molecule has 6 heteroatoms. The molecule has 0 radical (unpaired) electrons. The molecule has 1 aromatic carbocycles. The second kappa shape index (κ2) is 4.91. The number of nitrogens with one attached hydrogen (secondary N) is 2. The number of benzene rings is 1. The molecule has 3 amide bonds. The number of hydrogen-bond acceptors (Lipinski definition) is 4. The van der Waals surface area contributed by atoms with E-state index in [4.69, 9.17) is 0 Å². The molecule has 1 unspecified atom stereocenters. The van der Waals surface area contributed by atoms with Crippen LogP contribution in [0.25, 0.3) is 0 Å². The van der Waals surface area contributed by atoms with Gasteiger partial charge in [-0.2, -0.15) is 0 Å². The van der Waals surface area contributed by atoms with E-state index >= 15 is 0 Å². The van der Waals surface area contributed by atoms with Crippen LogP contribution in [0.5, 0.6) is 0 Å². The molecule has 6 nitrogen and oxygen atoms in total. The van der Waals surface area contributed by atoms with E-state index < -0.39 is 6.04 Å². The van der Waals surface area contributed by atoms with E-state index in [-0.39, 0.29) is 24.1 Å². The SMILES string of the molecule is O=C1CCC(N2Cc3c(ccc4c3CNCC4)C2=O)C(=O)N1. The third-order valence-electron chi connectivity index (χ3n) is 4.81. The number of nitrogens with zero attached hydrogens (tertiary/aromatic N) is 1. The summed E-state index contributed by atoms with van der Waals surface area (Å²) in [5.74, 6) is -0.714. The van der Waals surface area contributed by atoms with Crippen molar-refractivity contribution in [2.24, 2.45) is 0 Å². The van der Waals surface area contributed by atoms with Crippen LogP contribution in [0.3, 0.4) is 0 Å². The summed E-state index contributed by atoms with van der Waals surface area (Å²) in [5, 5.41) is 5.67. The fourth-order valence-electron chi connectivity index (χ4n) is 3.64. The normalized spacial score (nSPS) is 24.1. The van der Waals surface area contributed by atoms with Crippen LogP contribution in [0.2, 0.25) is 0 Å². The van der Waals surface area contributed by atoms with E-state index in [0.717, 1.165) is 25.1 Å². The lowest BCUT2D eigenvalue weighted by Gasteiger charge is -2.29. The van der Waals surface area contributed by atoms with Crippen LogP contribution in [0.15, 0.2) is 12.1 Å². The molecule has 0 aliphatic carbocycles. The van der Waals surface area contributed by atoms with E-state index in [9.17, 15) is 14.4 Å². The summed E-state index contributed by atoms with van der Waals surface area (Å²) < 4.78 is 0. The largest absolute Gasteiger partial charge is 0.322 e. The summed E-state index contributed by atoms with van der Waals surface area (Å²) >= 11 is 0. The molecule has 1 atom stereocenters. The molecule has 3 aliphatic heterocycles. The summed E-state index contributed by atoms with van der Waals surface area (Å²) in [6.45, 7) is 2.19. The van der Waals surface area contributed by atoms with Gasteiger partial charge < -0.3 is 10.2 Å². The summed E-state index contributed by atoms with van der Waals surface area (Å²) in [6, 6.07) is 3.37. The lowest BCUT2D eigenvalue weighted by Crippen LogP contribution is -2.52. The first kappa shape index (κ1) is 13.5. The number of fused-ring (bicyclic) bond motifs is 3. The fourth-order valence-corrected chi connectivity index (χ4v) is 3.64. The summed E-state index contributed by atoms with van der Waals surface area (Å²) in [4.78, 5) is 37.6. The molecule has 1 saturated heterocycles. The van der Waals surface area contributed by atoms with Gasteiger partial charge in [0.1, 0.15) is 6.04 Å². The lowest BCUT2D eigenvalue weighted by molar-refractivity contribution is -0.136. The zero-order valence-corrected chi connectivity index (χ0v) is 12.1. The van der Waals surface area contributed by atoms with Crippen LogP contribution in [-0.2, 0) is 29.1 Å². The van der Waals surface area contributed by atoms with Crippen LogP contribution in [0, 0.1) is 0 Å². The number of amides is 3. The number of carbonyl (C=O) groups excluding carboxylic acids is 3. The summed E-state index contributed by atoms with van der Waals surface area (Å²) in [6.07, 6.45) is 1.66. The average molecular weight is 299 g/mol. The highest BCUT2D eigenvalue weighted by molar-refractivity contribution is 6.05. The Bertz CT molecular complexity index is 698. The minimum absolute atomic E-state index is 0.0992. The average Bonchev–Trinajstić information content (AvgIpc) is 2.85. The highest BCUT2D eigenvalue weighted by Crippen LogP contribution is 2.32. The molecule has 114 valence electrons. The molecule has 22 heavy (non-hydrogen) atoms. The van der Waals surface area contributed by atoms with Crippen molar-refractivity contribution in [3.63, 3.8) is 0 Å². The Morgan fingerprint density at radius 1 is 1.09 bits per heavy atom. The molecule has 4 rings (SSSR count). The van der Waals surface area contributed by atoms with Crippen LogP contribution in [0.1, 0.15) is 39.9 Å². The first-order valence-electron chi connectivity index (χ1n) is 7.64. The predicted octanol–water partition coefficient (Wildman–Crippen LogP) is 0.0933. The van der Waals surface area contributed by atoms with Crippen LogP contribution in [0.4, 0.5) is 0 Å². The molecule has 3 heterocycles.